The minimum absolute atomic E-state index is 0.00921. The van der Waals surface area contributed by atoms with E-state index in [9.17, 15) is 22.8 Å². The fourth-order valence-corrected chi connectivity index (χ4v) is 4.93. The van der Waals surface area contributed by atoms with Crippen LogP contribution in [0.1, 0.15) is 34.6 Å². The van der Waals surface area contributed by atoms with E-state index in [-0.39, 0.29) is 27.8 Å². The van der Waals surface area contributed by atoms with Crippen LogP contribution in [0.3, 0.4) is 0 Å². The van der Waals surface area contributed by atoms with Crippen LogP contribution in [0.15, 0.2) is 42.5 Å². The van der Waals surface area contributed by atoms with Crippen molar-refractivity contribution in [3.63, 3.8) is 0 Å². The van der Waals surface area contributed by atoms with Crippen LogP contribution in [-0.4, -0.2) is 31.8 Å². The molecule has 28 heavy (non-hydrogen) atoms. The van der Waals surface area contributed by atoms with Crippen molar-refractivity contribution in [3.05, 3.63) is 58.6 Å². The monoisotopic (exact) mass is 420 g/mol. The van der Waals surface area contributed by atoms with E-state index in [4.69, 9.17) is 11.6 Å². The highest BCUT2D eigenvalue weighted by Gasteiger charge is 2.42. The number of halogens is 1. The molecule has 146 valence electrons. The van der Waals surface area contributed by atoms with Crippen LogP contribution in [-0.2, 0) is 14.8 Å². The first-order valence-corrected chi connectivity index (χ1v) is 10.4. The smallest absolute Gasteiger partial charge is 0.257 e. The molecule has 0 saturated carbocycles. The number of rotatable bonds is 4. The number of hydrogen-bond acceptors (Lipinski definition) is 5. The number of carbonyl (C=O) groups excluding carboxylic acids is 3. The molecule has 1 N–H and O–H groups in total. The Labute approximate surface area is 167 Å². The van der Waals surface area contributed by atoms with Crippen molar-refractivity contribution < 1.29 is 22.8 Å². The molecule has 0 bridgehead atoms. The Balaban J connectivity index is 1.94. The van der Waals surface area contributed by atoms with E-state index in [0.717, 1.165) is 0 Å². The van der Waals surface area contributed by atoms with E-state index < -0.39 is 27.8 Å². The molecular formula is C19H17ClN2O5S. The first kappa shape index (κ1) is 20.0. The molecule has 1 fully saturated rings. The van der Waals surface area contributed by atoms with Gasteiger partial charge in [-0.3, -0.25) is 14.4 Å². The third-order valence-electron chi connectivity index (χ3n) is 4.32. The number of sulfonamides is 1. The van der Waals surface area contributed by atoms with Gasteiger partial charge >= 0.3 is 0 Å². The van der Waals surface area contributed by atoms with E-state index in [1.165, 1.54) is 38.1 Å². The number of hydrogen-bond donors (Lipinski definition) is 1. The van der Waals surface area contributed by atoms with Gasteiger partial charge < -0.3 is 5.32 Å². The number of Topliss-reactive ketones (excluding diaryl/α,β-unsaturated/α-hetero) is 1. The number of carbonyl (C=O) groups is 3. The van der Waals surface area contributed by atoms with E-state index in [2.05, 4.69) is 5.32 Å². The average Bonchev–Trinajstić information content (AvgIpc) is 2.83. The van der Waals surface area contributed by atoms with Crippen LogP contribution in [0.25, 0.3) is 0 Å². The summed E-state index contributed by atoms with van der Waals surface area (Å²) in [6.45, 7) is 2.95. The average molecular weight is 421 g/mol. The van der Waals surface area contributed by atoms with Gasteiger partial charge in [-0.15, -0.1) is 0 Å². The zero-order chi connectivity index (χ0) is 20.6. The van der Waals surface area contributed by atoms with Crippen LogP contribution in [0.4, 0.5) is 11.4 Å². The van der Waals surface area contributed by atoms with E-state index in [1.807, 2.05) is 0 Å². The third kappa shape index (κ3) is 3.79. The van der Waals surface area contributed by atoms with Crippen LogP contribution < -0.4 is 9.62 Å². The Hall–Kier alpha value is -2.71. The summed E-state index contributed by atoms with van der Waals surface area (Å²) >= 11 is 6.11. The highest BCUT2D eigenvalue weighted by molar-refractivity contribution is 7.94. The summed E-state index contributed by atoms with van der Waals surface area (Å²) < 4.78 is 25.3. The molecule has 2 aromatic carbocycles. The van der Waals surface area contributed by atoms with Crippen molar-refractivity contribution in [3.8, 4) is 0 Å². The normalized spacial score (nSPS) is 18.2. The molecule has 9 heteroatoms. The molecule has 2 aromatic rings. The van der Waals surface area contributed by atoms with Crippen molar-refractivity contribution in [1.82, 2.24) is 0 Å². The van der Waals surface area contributed by atoms with Gasteiger partial charge in [-0.2, -0.15) is 0 Å². The zero-order valence-electron chi connectivity index (χ0n) is 15.1. The maximum Gasteiger partial charge on any atom is 0.257 e. The molecule has 1 aliphatic heterocycles. The van der Waals surface area contributed by atoms with Crippen molar-refractivity contribution in [2.45, 2.75) is 13.8 Å². The molecule has 1 heterocycles. The van der Waals surface area contributed by atoms with Gasteiger partial charge in [0.05, 0.1) is 27.9 Å². The molecule has 0 aliphatic carbocycles. The predicted octanol–water partition coefficient (Wildman–Crippen LogP) is 3.11. The molecular weight excluding hydrogens is 404 g/mol. The fourth-order valence-electron chi connectivity index (χ4n) is 2.91. The quantitative estimate of drug-likeness (QED) is 0.766. The second kappa shape index (κ2) is 7.37. The van der Waals surface area contributed by atoms with Gasteiger partial charge in [0.15, 0.2) is 5.78 Å². The summed E-state index contributed by atoms with van der Waals surface area (Å²) in [4.78, 5) is 36.4. The second-order valence-electron chi connectivity index (χ2n) is 6.54. The fraction of sp³-hybridized carbons (Fsp3) is 0.211. The molecule has 0 aromatic heterocycles. The van der Waals surface area contributed by atoms with Crippen molar-refractivity contribution in [2.75, 3.05) is 15.4 Å². The minimum atomic E-state index is -3.80. The molecule has 3 rings (SSSR count). The predicted molar refractivity (Wildman–Crippen MR) is 106 cm³/mol. The van der Waals surface area contributed by atoms with Gasteiger partial charge in [0.25, 0.3) is 5.91 Å². The summed E-state index contributed by atoms with van der Waals surface area (Å²) in [5.41, 5.74) is 0.884. The largest absolute Gasteiger partial charge is 0.322 e. The Kier molecular flexibility index (Phi) is 5.27. The van der Waals surface area contributed by atoms with Gasteiger partial charge in [-0.25, -0.2) is 12.7 Å². The highest BCUT2D eigenvalue weighted by atomic mass is 35.5. The minimum Gasteiger partial charge on any atom is -0.322 e. The molecule has 1 atom stereocenters. The van der Waals surface area contributed by atoms with Crippen LogP contribution in [0.2, 0.25) is 5.02 Å². The van der Waals surface area contributed by atoms with Gasteiger partial charge in [0, 0.05) is 11.3 Å². The lowest BCUT2D eigenvalue weighted by molar-refractivity contribution is -0.119. The topological polar surface area (TPSA) is 101 Å². The number of amides is 2. The standard InChI is InChI=1S/C19H17ClN2O5S/c1-11-10-28(26,27)22(19(11)25)15-6-7-17(20)16(9-15)18(24)21-14-5-3-4-13(8-14)12(2)23/h3-9,11H,10H2,1-2H3,(H,21,24). The Morgan fingerprint density at radius 2 is 1.89 bits per heavy atom. The van der Waals surface area contributed by atoms with Gasteiger partial charge in [0.1, 0.15) is 0 Å². The molecule has 1 unspecified atom stereocenters. The number of nitrogens with one attached hydrogen (secondary N) is 1. The summed E-state index contributed by atoms with van der Waals surface area (Å²) in [6.07, 6.45) is 0. The number of anilines is 2. The van der Waals surface area contributed by atoms with E-state index in [1.54, 1.807) is 18.2 Å². The maximum absolute atomic E-state index is 12.7. The number of ketones is 1. The Morgan fingerprint density at radius 1 is 1.18 bits per heavy atom. The first-order valence-electron chi connectivity index (χ1n) is 8.39. The molecule has 2 amide bonds. The van der Waals surface area contributed by atoms with Gasteiger partial charge in [-0.05, 0) is 37.3 Å². The Morgan fingerprint density at radius 3 is 2.50 bits per heavy atom. The van der Waals surface area contributed by atoms with E-state index >= 15 is 0 Å². The van der Waals surface area contributed by atoms with Crippen molar-refractivity contribution in [2.24, 2.45) is 5.92 Å². The zero-order valence-corrected chi connectivity index (χ0v) is 16.7. The van der Waals surface area contributed by atoms with Crippen LogP contribution in [0, 0.1) is 5.92 Å². The third-order valence-corrected chi connectivity index (χ3v) is 6.51. The van der Waals surface area contributed by atoms with Crippen molar-refractivity contribution >= 4 is 50.6 Å². The van der Waals surface area contributed by atoms with Gasteiger partial charge in [-0.1, -0.05) is 30.7 Å². The SMILES string of the molecule is CC(=O)c1cccc(NC(=O)c2cc(N3C(=O)C(C)CS3(=O)=O)ccc2Cl)c1. The summed E-state index contributed by atoms with van der Waals surface area (Å²) in [6, 6.07) is 10.4. The lowest BCUT2D eigenvalue weighted by Crippen LogP contribution is -2.30. The van der Waals surface area contributed by atoms with Crippen molar-refractivity contribution in [1.29, 1.82) is 0 Å². The lowest BCUT2D eigenvalue weighted by atomic mass is 10.1. The first-order chi connectivity index (χ1) is 13.1. The highest BCUT2D eigenvalue weighted by Crippen LogP contribution is 2.31. The maximum atomic E-state index is 12.7. The molecule has 0 radical (unpaired) electrons. The molecule has 0 spiro atoms. The molecule has 1 saturated heterocycles. The summed E-state index contributed by atoms with van der Waals surface area (Å²) in [5, 5.41) is 2.72. The number of nitrogens with zero attached hydrogens (tertiary/aromatic N) is 1. The summed E-state index contributed by atoms with van der Waals surface area (Å²) in [5.74, 6) is -2.24. The molecule has 7 nitrogen and oxygen atoms in total. The number of benzene rings is 2. The van der Waals surface area contributed by atoms with Gasteiger partial charge in [0.2, 0.25) is 15.9 Å². The lowest BCUT2D eigenvalue weighted by Gasteiger charge is -2.17. The van der Waals surface area contributed by atoms with Crippen LogP contribution >= 0.6 is 11.6 Å². The molecule has 1 aliphatic rings. The van der Waals surface area contributed by atoms with Crippen LogP contribution in [0.5, 0.6) is 0 Å². The summed E-state index contributed by atoms with van der Waals surface area (Å²) in [7, 11) is -3.80. The van der Waals surface area contributed by atoms with E-state index in [0.29, 0.717) is 15.6 Å². The second-order valence-corrected chi connectivity index (χ2v) is 8.81. The Bertz CT molecular complexity index is 1100.